The van der Waals surface area contributed by atoms with Gasteiger partial charge in [-0.3, -0.25) is 29.3 Å². The summed E-state index contributed by atoms with van der Waals surface area (Å²) in [6.45, 7) is 2.68. The predicted molar refractivity (Wildman–Crippen MR) is 112 cm³/mol. The van der Waals surface area contributed by atoms with Gasteiger partial charge in [-0.05, 0) is 11.6 Å². The molecular weight excluding hydrogens is 474 g/mol. The fourth-order valence-electron chi connectivity index (χ4n) is 3.39. The molecule has 1 aromatic carbocycles. The van der Waals surface area contributed by atoms with E-state index in [9.17, 15) is 34.4 Å². The first-order valence-corrected chi connectivity index (χ1v) is 10.3. The second kappa shape index (κ2) is 12.1. The highest BCUT2D eigenvalue weighted by molar-refractivity contribution is 5.71. The molecule has 1 N–H and O–H groups in total. The van der Waals surface area contributed by atoms with E-state index in [-0.39, 0.29) is 11.3 Å². The van der Waals surface area contributed by atoms with Crippen LogP contribution in [0.4, 0.5) is 5.69 Å². The molecule has 1 aliphatic rings. The molecule has 0 aliphatic carbocycles. The smallest absolute Gasteiger partial charge is 0.311 e. The van der Waals surface area contributed by atoms with Crippen LogP contribution in [0.25, 0.3) is 0 Å². The van der Waals surface area contributed by atoms with Crippen molar-refractivity contribution in [2.75, 3.05) is 7.11 Å². The summed E-state index contributed by atoms with van der Waals surface area (Å²) >= 11 is 0. The Morgan fingerprint density at radius 1 is 1.00 bits per heavy atom. The van der Waals surface area contributed by atoms with E-state index in [4.69, 9.17) is 23.7 Å². The number of aliphatic hydroxyl groups excluding tert-OH is 1. The van der Waals surface area contributed by atoms with Gasteiger partial charge in [-0.2, -0.15) is 0 Å². The Morgan fingerprint density at radius 3 is 2.09 bits per heavy atom. The molecule has 1 aromatic rings. The number of methoxy groups -OCH3 is 1. The Morgan fingerprint density at radius 2 is 1.57 bits per heavy atom. The van der Waals surface area contributed by atoms with Crippen molar-refractivity contribution in [3.8, 4) is 5.75 Å². The third kappa shape index (κ3) is 7.35. The van der Waals surface area contributed by atoms with E-state index in [1.807, 2.05) is 0 Å². The van der Waals surface area contributed by atoms with Crippen molar-refractivity contribution in [2.45, 2.75) is 64.5 Å². The molecule has 0 spiro atoms. The molecule has 0 bridgehead atoms. The van der Waals surface area contributed by atoms with Gasteiger partial charge in [0.25, 0.3) is 0 Å². The lowest BCUT2D eigenvalue weighted by Gasteiger charge is -2.43. The lowest BCUT2D eigenvalue weighted by atomic mass is 9.95. The van der Waals surface area contributed by atoms with Crippen LogP contribution in [0.1, 0.15) is 32.8 Å². The summed E-state index contributed by atoms with van der Waals surface area (Å²) in [6.07, 6.45) is -7.96. The van der Waals surface area contributed by atoms with Crippen molar-refractivity contribution in [3.05, 3.63) is 33.9 Å². The first-order valence-electron chi connectivity index (χ1n) is 10.3. The number of hydrogen-bond acceptors (Lipinski definition) is 13. The van der Waals surface area contributed by atoms with E-state index in [1.165, 1.54) is 12.1 Å². The average molecular weight is 499 g/mol. The molecule has 0 amide bonds. The SMILES string of the molecule is COC(=O)C[C@H]1O[C@@H](Oc2ccc(CO)cc2[N+](=O)[O-])[C@H](OC(C)=O)[C@@H](OC(C)=O)[C@H]1OC(C)=O. The minimum atomic E-state index is -1.65. The van der Waals surface area contributed by atoms with Crippen molar-refractivity contribution >= 4 is 29.6 Å². The minimum Gasteiger partial charge on any atom is -0.469 e. The number of carbonyl (C=O) groups excluding carboxylic acids is 4. The molecule has 2 rings (SSSR count). The molecule has 192 valence electrons. The number of carbonyl (C=O) groups is 4. The predicted octanol–water partition coefficient (Wildman–Crippen LogP) is 0.549. The molecule has 1 fully saturated rings. The largest absolute Gasteiger partial charge is 0.469 e. The van der Waals surface area contributed by atoms with Gasteiger partial charge in [0.2, 0.25) is 12.4 Å². The molecule has 1 aliphatic heterocycles. The van der Waals surface area contributed by atoms with Gasteiger partial charge < -0.3 is 33.5 Å². The molecule has 0 radical (unpaired) electrons. The topological polar surface area (TPSA) is 187 Å². The fraction of sp³-hybridized carbons (Fsp3) is 0.524. The first-order chi connectivity index (χ1) is 16.5. The van der Waals surface area contributed by atoms with E-state index in [0.29, 0.717) is 0 Å². The number of nitro groups is 1. The fourth-order valence-corrected chi connectivity index (χ4v) is 3.39. The zero-order chi connectivity index (χ0) is 26.3. The van der Waals surface area contributed by atoms with Crippen LogP contribution < -0.4 is 4.74 Å². The van der Waals surface area contributed by atoms with Crippen molar-refractivity contribution in [1.82, 2.24) is 0 Å². The standard InChI is InChI=1S/C21H25NO13/c1-10(24)31-18-16(8-17(27)30-4)35-21(20(33-12(3)26)19(18)32-11(2)25)34-15-6-5-13(9-23)7-14(15)22(28)29/h5-7,16,18-21,23H,8-9H2,1-4H3/t16-,18+,19+,20-,21-/m1/s1. The average Bonchev–Trinajstić information content (AvgIpc) is 2.77. The van der Waals surface area contributed by atoms with Gasteiger partial charge in [-0.15, -0.1) is 0 Å². The zero-order valence-corrected chi connectivity index (χ0v) is 19.3. The van der Waals surface area contributed by atoms with Crippen LogP contribution in [0, 0.1) is 10.1 Å². The molecule has 0 saturated carbocycles. The Hall–Kier alpha value is -3.78. The van der Waals surface area contributed by atoms with E-state index >= 15 is 0 Å². The van der Waals surface area contributed by atoms with Crippen molar-refractivity contribution < 1.29 is 57.6 Å². The van der Waals surface area contributed by atoms with E-state index in [0.717, 1.165) is 33.9 Å². The highest BCUT2D eigenvalue weighted by Gasteiger charge is 2.53. The lowest BCUT2D eigenvalue weighted by molar-refractivity contribution is -0.387. The maximum absolute atomic E-state index is 12.0. The summed E-state index contributed by atoms with van der Waals surface area (Å²) in [5.41, 5.74) is -0.321. The van der Waals surface area contributed by atoms with Gasteiger partial charge >= 0.3 is 29.6 Å². The monoisotopic (exact) mass is 499 g/mol. The molecule has 0 aromatic heterocycles. The summed E-state index contributed by atoms with van der Waals surface area (Å²) in [5.74, 6) is -3.64. The van der Waals surface area contributed by atoms with Crippen molar-refractivity contribution in [1.29, 1.82) is 0 Å². The maximum Gasteiger partial charge on any atom is 0.311 e. The van der Waals surface area contributed by atoms with Crippen LogP contribution in [0.5, 0.6) is 5.75 Å². The summed E-state index contributed by atoms with van der Waals surface area (Å²) in [6, 6.07) is 3.60. The summed E-state index contributed by atoms with van der Waals surface area (Å²) in [5, 5.41) is 20.8. The van der Waals surface area contributed by atoms with Gasteiger partial charge in [-0.25, -0.2) is 0 Å². The third-order valence-electron chi connectivity index (χ3n) is 4.74. The number of nitro benzene ring substituents is 1. The van der Waals surface area contributed by atoms with Gasteiger partial charge in [0, 0.05) is 26.8 Å². The van der Waals surface area contributed by atoms with Crippen LogP contribution in [-0.4, -0.2) is 71.7 Å². The van der Waals surface area contributed by atoms with E-state index in [2.05, 4.69) is 4.74 Å². The van der Waals surface area contributed by atoms with Crippen LogP contribution in [0.3, 0.4) is 0 Å². The van der Waals surface area contributed by atoms with Crippen LogP contribution in [0.15, 0.2) is 18.2 Å². The molecule has 1 heterocycles. The van der Waals surface area contributed by atoms with Crippen molar-refractivity contribution in [3.63, 3.8) is 0 Å². The highest BCUT2D eigenvalue weighted by Crippen LogP contribution is 2.35. The number of aliphatic hydroxyl groups is 1. The van der Waals surface area contributed by atoms with E-state index in [1.54, 1.807) is 0 Å². The Kier molecular flexibility index (Phi) is 9.48. The van der Waals surface area contributed by atoms with Gasteiger partial charge in [-0.1, -0.05) is 6.07 Å². The molecule has 14 nitrogen and oxygen atoms in total. The number of nitrogens with zero attached hydrogens (tertiary/aromatic N) is 1. The molecular formula is C21H25NO13. The minimum absolute atomic E-state index is 0.224. The summed E-state index contributed by atoms with van der Waals surface area (Å²) in [4.78, 5) is 58.2. The molecule has 5 atom stereocenters. The Bertz CT molecular complexity index is 978. The Balaban J connectivity index is 2.57. The van der Waals surface area contributed by atoms with Crippen LogP contribution in [-0.2, 0) is 49.5 Å². The van der Waals surface area contributed by atoms with Crippen LogP contribution in [0.2, 0.25) is 0 Å². The van der Waals surface area contributed by atoms with Crippen molar-refractivity contribution in [2.24, 2.45) is 0 Å². The number of rotatable bonds is 9. The van der Waals surface area contributed by atoms with Gasteiger partial charge in [0.1, 0.15) is 6.10 Å². The molecule has 35 heavy (non-hydrogen) atoms. The van der Waals surface area contributed by atoms with Gasteiger partial charge in [0.15, 0.2) is 18.0 Å². The molecule has 0 unspecified atom stereocenters. The zero-order valence-electron chi connectivity index (χ0n) is 19.3. The first kappa shape index (κ1) is 27.5. The number of hydrogen-bond donors (Lipinski definition) is 1. The highest BCUT2D eigenvalue weighted by atomic mass is 16.7. The Labute approximate surface area is 199 Å². The normalized spacial score (nSPS) is 23.5. The quantitative estimate of drug-likeness (QED) is 0.215. The number of esters is 4. The second-order valence-electron chi connectivity index (χ2n) is 7.38. The lowest BCUT2D eigenvalue weighted by Crippen LogP contribution is -2.63. The summed E-state index contributed by atoms with van der Waals surface area (Å²) in [7, 11) is 1.11. The van der Waals surface area contributed by atoms with E-state index < -0.39 is 78.2 Å². The van der Waals surface area contributed by atoms with Gasteiger partial charge in [0.05, 0.1) is 25.1 Å². The molecule has 1 saturated heterocycles. The number of ether oxygens (including phenoxy) is 6. The maximum atomic E-state index is 12.0. The number of benzene rings is 1. The third-order valence-corrected chi connectivity index (χ3v) is 4.74. The van der Waals surface area contributed by atoms with Crippen LogP contribution >= 0.6 is 0 Å². The summed E-state index contributed by atoms with van der Waals surface area (Å²) < 4.78 is 31.8. The second-order valence-corrected chi connectivity index (χ2v) is 7.38. The molecule has 14 heteroatoms.